The van der Waals surface area contributed by atoms with E-state index in [0.29, 0.717) is 39.0 Å². The van der Waals surface area contributed by atoms with Gasteiger partial charge in [0, 0.05) is 11.2 Å². The molecule has 1 aliphatic rings. The highest BCUT2D eigenvalue weighted by molar-refractivity contribution is 6.35. The topological polar surface area (TPSA) is 87.1 Å². The lowest BCUT2D eigenvalue weighted by atomic mass is 9.99. The number of pyridine rings is 1. The zero-order chi connectivity index (χ0) is 18.1. The van der Waals surface area contributed by atoms with E-state index in [-0.39, 0.29) is 12.4 Å². The minimum Gasteiger partial charge on any atom is -0.437 e. The van der Waals surface area contributed by atoms with E-state index in [1.807, 2.05) is 0 Å². The van der Waals surface area contributed by atoms with Crippen LogP contribution in [0.2, 0.25) is 10.0 Å². The number of hydrogen-bond acceptors (Lipinski definition) is 6. The van der Waals surface area contributed by atoms with E-state index >= 15 is 0 Å². The van der Waals surface area contributed by atoms with Crippen LogP contribution >= 0.6 is 35.6 Å². The Bertz CT molecular complexity index is 942. The van der Waals surface area contributed by atoms with Crippen LogP contribution < -0.4 is 10.5 Å². The van der Waals surface area contributed by atoms with Gasteiger partial charge in [-0.15, -0.1) is 12.4 Å². The Morgan fingerprint density at radius 2 is 1.93 bits per heavy atom. The minimum atomic E-state index is -0.523. The van der Waals surface area contributed by atoms with Crippen LogP contribution in [0.3, 0.4) is 0 Å². The van der Waals surface area contributed by atoms with Gasteiger partial charge in [0.25, 0.3) is 5.89 Å². The molecule has 4 rings (SSSR count). The normalized spacial score (nSPS) is 15.4. The van der Waals surface area contributed by atoms with Gasteiger partial charge in [0.15, 0.2) is 5.82 Å². The molecule has 0 bridgehead atoms. The summed E-state index contributed by atoms with van der Waals surface area (Å²) in [6.07, 6.45) is 5.44. The van der Waals surface area contributed by atoms with Gasteiger partial charge in [-0.1, -0.05) is 41.2 Å². The third-order valence-corrected chi connectivity index (χ3v) is 5.00. The van der Waals surface area contributed by atoms with Gasteiger partial charge in [-0.2, -0.15) is 4.98 Å². The first-order valence-electron chi connectivity index (χ1n) is 8.26. The van der Waals surface area contributed by atoms with Crippen molar-refractivity contribution >= 4 is 35.6 Å². The fourth-order valence-electron chi connectivity index (χ4n) is 3.06. The highest BCUT2D eigenvalue weighted by Crippen LogP contribution is 2.38. The van der Waals surface area contributed by atoms with Gasteiger partial charge in [0.1, 0.15) is 11.3 Å². The van der Waals surface area contributed by atoms with Crippen molar-refractivity contribution in [3.8, 4) is 23.1 Å². The molecular weight excluding hydrogens is 411 g/mol. The monoisotopic (exact) mass is 426 g/mol. The highest BCUT2D eigenvalue weighted by Gasteiger charge is 2.36. The van der Waals surface area contributed by atoms with Crippen molar-refractivity contribution in [1.29, 1.82) is 0 Å². The maximum absolute atomic E-state index is 6.41. The van der Waals surface area contributed by atoms with E-state index < -0.39 is 5.54 Å². The molecule has 0 unspecified atom stereocenters. The molecule has 27 heavy (non-hydrogen) atoms. The van der Waals surface area contributed by atoms with E-state index in [9.17, 15) is 0 Å². The number of aromatic nitrogens is 3. The molecule has 1 fully saturated rings. The maximum atomic E-state index is 6.41. The van der Waals surface area contributed by atoms with Crippen molar-refractivity contribution < 1.29 is 9.26 Å². The van der Waals surface area contributed by atoms with Crippen LogP contribution in [-0.2, 0) is 5.54 Å². The molecule has 0 spiro atoms. The summed E-state index contributed by atoms with van der Waals surface area (Å²) in [5, 5.41) is 4.99. The first-order chi connectivity index (χ1) is 12.5. The Kier molecular flexibility index (Phi) is 5.91. The molecule has 142 valence electrons. The fraction of sp³-hybridized carbons (Fsp3) is 0.278. The molecule has 0 radical (unpaired) electrons. The number of nitrogens with zero attached hydrogens (tertiary/aromatic N) is 3. The first kappa shape index (κ1) is 19.9. The molecule has 6 nitrogen and oxygen atoms in total. The lowest BCUT2D eigenvalue weighted by Crippen LogP contribution is -2.34. The molecule has 0 aliphatic heterocycles. The third-order valence-electron chi connectivity index (χ3n) is 4.47. The van der Waals surface area contributed by atoms with Crippen LogP contribution in [-0.4, -0.2) is 15.1 Å². The predicted octanol–water partition coefficient (Wildman–Crippen LogP) is 5.38. The second kappa shape index (κ2) is 8.02. The van der Waals surface area contributed by atoms with Crippen molar-refractivity contribution in [1.82, 2.24) is 15.1 Å². The van der Waals surface area contributed by atoms with E-state index in [4.69, 9.17) is 38.2 Å². The smallest absolute Gasteiger partial charge is 0.263 e. The summed E-state index contributed by atoms with van der Waals surface area (Å²) >= 11 is 12.1. The molecule has 1 aliphatic carbocycles. The summed E-state index contributed by atoms with van der Waals surface area (Å²) in [6.45, 7) is 0. The molecular formula is C18H17Cl3N4O2. The van der Waals surface area contributed by atoms with E-state index in [1.54, 1.807) is 36.5 Å². The third kappa shape index (κ3) is 4.04. The van der Waals surface area contributed by atoms with Crippen LogP contribution in [0.15, 0.2) is 41.1 Å². The molecule has 2 heterocycles. The van der Waals surface area contributed by atoms with Gasteiger partial charge in [-0.3, -0.25) is 0 Å². The molecule has 0 saturated heterocycles. The Morgan fingerprint density at radius 1 is 1.15 bits per heavy atom. The Balaban J connectivity index is 0.00000210. The minimum absolute atomic E-state index is 0. The van der Waals surface area contributed by atoms with E-state index in [2.05, 4.69) is 15.1 Å². The highest BCUT2D eigenvalue weighted by atomic mass is 35.5. The van der Waals surface area contributed by atoms with Gasteiger partial charge in [-0.05, 0) is 43.2 Å². The second-order valence-corrected chi connectivity index (χ2v) is 7.16. The number of nitrogens with two attached hydrogens (primary N) is 1. The first-order valence-corrected chi connectivity index (χ1v) is 9.02. The molecule has 0 atom stereocenters. The number of halogens is 3. The van der Waals surface area contributed by atoms with Gasteiger partial charge in [0.2, 0.25) is 5.88 Å². The summed E-state index contributed by atoms with van der Waals surface area (Å²) < 4.78 is 11.3. The van der Waals surface area contributed by atoms with Crippen LogP contribution in [0.25, 0.3) is 11.5 Å². The molecule has 9 heteroatoms. The van der Waals surface area contributed by atoms with Gasteiger partial charge < -0.3 is 15.0 Å². The van der Waals surface area contributed by atoms with Crippen LogP contribution in [0.4, 0.5) is 0 Å². The van der Waals surface area contributed by atoms with Gasteiger partial charge >= 0.3 is 0 Å². The molecule has 2 N–H and O–H groups in total. The van der Waals surface area contributed by atoms with Crippen LogP contribution in [0.1, 0.15) is 31.5 Å². The number of rotatable bonds is 4. The van der Waals surface area contributed by atoms with Crippen LogP contribution in [0.5, 0.6) is 11.6 Å². The van der Waals surface area contributed by atoms with Crippen molar-refractivity contribution in [2.75, 3.05) is 0 Å². The molecule has 2 aromatic heterocycles. The summed E-state index contributed by atoms with van der Waals surface area (Å²) in [5.74, 6) is 1.57. The average Bonchev–Trinajstić information content (AvgIpc) is 3.28. The zero-order valence-electron chi connectivity index (χ0n) is 14.2. The number of hydrogen-bond donors (Lipinski definition) is 1. The SMILES string of the molecule is Cl.NC1(c2noc(-c3cccnc3Oc3ccc(Cl)cc3Cl)n2)CCCC1. The summed E-state index contributed by atoms with van der Waals surface area (Å²) in [7, 11) is 0. The summed E-state index contributed by atoms with van der Waals surface area (Å²) in [4.78, 5) is 8.76. The lowest BCUT2D eigenvalue weighted by molar-refractivity contribution is 0.371. The van der Waals surface area contributed by atoms with Crippen molar-refractivity contribution in [2.45, 2.75) is 31.2 Å². The number of benzene rings is 1. The molecule has 1 saturated carbocycles. The molecule has 3 aromatic rings. The second-order valence-electron chi connectivity index (χ2n) is 6.32. The van der Waals surface area contributed by atoms with Gasteiger partial charge in [-0.25, -0.2) is 4.98 Å². The summed E-state index contributed by atoms with van der Waals surface area (Å²) in [6, 6.07) is 8.53. The Hall–Kier alpha value is -1.86. The van der Waals surface area contributed by atoms with Crippen molar-refractivity contribution in [3.63, 3.8) is 0 Å². The fourth-order valence-corrected chi connectivity index (χ4v) is 3.51. The quantitative estimate of drug-likeness (QED) is 0.601. The predicted molar refractivity (Wildman–Crippen MR) is 106 cm³/mol. The zero-order valence-corrected chi connectivity index (χ0v) is 16.5. The Morgan fingerprint density at radius 3 is 2.67 bits per heavy atom. The Labute approximate surface area is 172 Å². The van der Waals surface area contributed by atoms with E-state index in [0.717, 1.165) is 25.7 Å². The van der Waals surface area contributed by atoms with Crippen molar-refractivity contribution in [2.24, 2.45) is 5.73 Å². The van der Waals surface area contributed by atoms with E-state index in [1.165, 1.54) is 0 Å². The molecule has 1 aromatic carbocycles. The standard InChI is InChI=1S/C18H16Cl2N4O2.ClH/c19-11-5-6-14(13(20)10-11)25-15-12(4-3-9-22-15)16-23-17(24-26-16)18(21)7-1-2-8-18;/h3-6,9-10H,1-2,7-8,21H2;1H. The molecule has 0 amide bonds. The van der Waals surface area contributed by atoms with Gasteiger partial charge in [0.05, 0.1) is 10.6 Å². The van der Waals surface area contributed by atoms with Crippen molar-refractivity contribution in [3.05, 3.63) is 52.4 Å². The summed E-state index contributed by atoms with van der Waals surface area (Å²) in [5.41, 5.74) is 6.45. The largest absolute Gasteiger partial charge is 0.437 e. The number of ether oxygens (including phenoxy) is 1. The maximum Gasteiger partial charge on any atom is 0.263 e. The lowest BCUT2D eigenvalue weighted by Gasteiger charge is -2.17. The van der Waals surface area contributed by atoms with Crippen LogP contribution in [0, 0.1) is 0 Å². The average molecular weight is 428 g/mol.